The lowest BCUT2D eigenvalue weighted by Crippen LogP contribution is -3.27. The molecule has 2 bridgehead atoms. The Balaban J connectivity index is 1.08. The third-order valence-corrected chi connectivity index (χ3v) is 7.74. The lowest BCUT2D eigenvalue weighted by molar-refractivity contribution is -1.02. The summed E-state index contributed by atoms with van der Waals surface area (Å²) < 4.78 is 4.75. The first-order valence-electron chi connectivity index (χ1n) is 11.4. The summed E-state index contributed by atoms with van der Waals surface area (Å²) in [5, 5.41) is 0. The summed E-state index contributed by atoms with van der Waals surface area (Å²) in [6, 6.07) is 7.65. The van der Waals surface area contributed by atoms with E-state index in [1.807, 2.05) is 24.3 Å². The van der Waals surface area contributed by atoms with Gasteiger partial charge in [0.2, 0.25) is 11.8 Å². The van der Waals surface area contributed by atoms with Crippen molar-refractivity contribution in [3.05, 3.63) is 47.5 Å². The summed E-state index contributed by atoms with van der Waals surface area (Å²) in [5.41, 5.74) is 1.79. The van der Waals surface area contributed by atoms with E-state index in [9.17, 15) is 14.4 Å². The van der Waals surface area contributed by atoms with Gasteiger partial charge in [-0.3, -0.25) is 14.5 Å². The zero-order chi connectivity index (χ0) is 21.5. The molecule has 7 nitrogen and oxygen atoms in total. The normalized spacial score (nSPS) is 33.8. The number of quaternary nitrogens is 2. The first-order chi connectivity index (χ1) is 15.0. The molecule has 0 radical (unpaired) electrons. The van der Waals surface area contributed by atoms with E-state index in [-0.39, 0.29) is 41.5 Å². The highest BCUT2D eigenvalue weighted by molar-refractivity contribution is 6.06. The van der Waals surface area contributed by atoms with Crippen LogP contribution >= 0.6 is 0 Å². The Morgan fingerprint density at radius 2 is 1.55 bits per heavy atom. The van der Waals surface area contributed by atoms with Crippen LogP contribution in [0.3, 0.4) is 0 Å². The van der Waals surface area contributed by atoms with Gasteiger partial charge in [0.25, 0.3) is 0 Å². The zero-order valence-corrected chi connectivity index (χ0v) is 18.0. The molecule has 2 aliphatic carbocycles. The second kappa shape index (κ2) is 8.20. The number of rotatable bonds is 6. The van der Waals surface area contributed by atoms with Gasteiger partial charge in [-0.15, -0.1) is 0 Å². The molecule has 2 heterocycles. The van der Waals surface area contributed by atoms with Gasteiger partial charge in [-0.25, -0.2) is 4.79 Å². The van der Waals surface area contributed by atoms with Gasteiger partial charge in [0.05, 0.1) is 37.6 Å². The quantitative estimate of drug-likeness (QED) is 0.333. The molecule has 2 saturated heterocycles. The molecule has 5 rings (SSSR count). The Kier molecular flexibility index (Phi) is 5.40. The van der Waals surface area contributed by atoms with Crippen molar-refractivity contribution in [2.75, 3.05) is 46.4 Å². The van der Waals surface area contributed by atoms with Gasteiger partial charge in [0.1, 0.15) is 32.7 Å². The van der Waals surface area contributed by atoms with Crippen molar-refractivity contribution < 1.29 is 28.9 Å². The molecule has 31 heavy (non-hydrogen) atoms. The van der Waals surface area contributed by atoms with Gasteiger partial charge >= 0.3 is 5.97 Å². The summed E-state index contributed by atoms with van der Waals surface area (Å²) in [4.78, 5) is 41.8. The smallest absolute Gasteiger partial charge is 0.337 e. The molecule has 7 heteroatoms. The standard InChI is InChI=1S/C24H29N3O4/c1-31-24(30)17-4-2-16(3-5-17)15-26-10-8-25(9-11-26)12-13-27-22(28)20-18-6-7-19(14-18)21(20)23(27)29/h2-7,18-21H,8-15H2,1H3/p+2. The van der Waals surface area contributed by atoms with Crippen LogP contribution < -0.4 is 9.80 Å². The Labute approximate surface area is 182 Å². The Morgan fingerprint density at radius 1 is 0.968 bits per heavy atom. The van der Waals surface area contributed by atoms with E-state index >= 15 is 0 Å². The number of benzene rings is 1. The van der Waals surface area contributed by atoms with E-state index in [4.69, 9.17) is 4.74 Å². The fourth-order valence-corrected chi connectivity index (χ4v) is 6.00. The van der Waals surface area contributed by atoms with E-state index in [0.29, 0.717) is 12.1 Å². The number of methoxy groups -OCH3 is 1. The van der Waals surface area contributed by atoms with Gasteiger partial charge in [-0.2, -0.15) is 0 Å². The number of hydrogen-bond acceptors (Lipinski definition) is 4. The average Bonchev–Trinajstić information content (AvgIpc) is 3.48. The van der Waals surface area contributed by atoms with E-state index < -0.39 is 0 Å². The molecule has 0 aromatic heterocycles. The van der Waals surface area contributed by atoms with Gasteiger partial charge in [0, 0.05) is 5.56 Å². The molecule has 164 valence electrons. The molecule has 4 unspecified atom stereocenters. The van der Waals surface area contributed by atoms with Crippen LogP contribution in [0.2, 0.25) is 0 Å². The number of likely N-dealkylation sites (tertiary alicyclic amines) is 1. The minimum Gasteiger partial charge on any atom is -0.465 e. The number of fused-ring (bicyclic) bond motifs is 5. The number of nitrogens with zero attached hydrogens (tertiary/aromatic N) is 1. The summed E-state index contributed by atoms with van der Waals surface area (Å²) in [5.74, 6) is 0.263. The highest BCUT2D eigenvalue weighted by Gasteiger charge is 2.59. The number of allylic oxidation sites excluding steroid dienone is 2. The SMILES string of the molecule is COC(=O)c1ccc(C[NH+]2CC[NH+](CCN3C(=O)C4C5C=CC(C5)C4C3=O)CC2)cc1. The number of carbonyl (C=O) groups excluding carboxylic acids is 3. The number of piperazine rings is 1. The minimum atomic E-state index is -0.307. The van der Waals surface area contributed by atoms with E-state index in [1.165, 1.54) is 22.5 Å². The second-order valence-electron chi connectivity index (χ2n) is 9.44. The fourth-order valence-electron chi connectivity index (χ4n) is 6.00. The first kappa shape index (κ1) is 20.4. The number of nitrogens with one attached hydrogen (secondary N) is 2. The molecule has 4 aliphatic rings. The van der Waals surface area contributed by atoms with Gasteiger partial charge in [0.15, 0.2) is 0 Å². The largest absolute Gasteiger partial charge is 0.465 e. The van der Waals surface area contributed by atoms with Crippen LogP contribution in [0, 0.1) is 23.7 Å². The molecule has 4 atom stereocenters. The van der Waals surface area contributed by atoms with Gasteiger partial charge in [-0.1, -0.05) is 24.3 Å². The Bertz CT molecular complexity index is 874. The number of ether oxygens (including phenoxy) is 1. The third-order valence-electron chi connectivity index (χ3n) is 7.74. The molecular formula is C24H31N3O4+2. The average molecular weight is 426 g/mol. The third kappa shape index (κ3) is 3.70. The van der Waals surface area contributed by atoms with Gasteiger partial charge < -0.3 is 14.5 Å². The first-order valence-corrected chi connectivity index (χ1v) is 11.4. The lowest BCUT2D eigenvalue weighted by atomic mass is 9.85. The van der Waals surface area contributed by atoms with Crippen molar-refractivity contribution in [1.82, 2.24) is 4.90 Å². The Morgan fingerprint density at radius 3 is 2.13 bits per heavy atom. The predicted molar refractivity (Wildman–Crippen MR) is 112 cm³/mol. The molecule has 2 N–H and O–H groups in total. The maximum atomic E-state index is 12.8. The lowest BCUT2D eigenvalue weighted by Gasteiger charge is -2.30. The summed E-state index contributed by atoms with van der Waals surface area (Å²) >= 11 is 0. The minimum absolute atomic E-state index is 0.0749. The van der Waals surface area contributed by atoms with Crippen LogP contribution in [0.4, 0.5) is 0 Å². The second-order valence-corrected chi connectivity index (χ2v) is 9.44. The van der Waals surface area contributed by atoms with E-state index in [1.54, 1.807) is 4.90 Å². The monoisotopic (exact) mass is 425 g/mol. The van der Waals surface area contributed by atoms with Crippen molar-refractivity contribution in [1.29, 1.82) is 0 Å². The van der Waals surface area contributed by atoms with Crippen LogP contribution in [0.1, 0.15) is 22.3 Å². The highest BCUT2D eigenvalue weighted by atomic mass is 16.5. The molecule has 1 aromatic carbocycles. The molecule has 1 aromatic rings. The number of amides is 2. The van der Waals surface area contributed by atoms with E-state index in [0.717, 1.165) is 45.7 Å². The zero-order valence-electron chi connectivity index (χ0n) is 18.0. The molecule has 0 spiro atoms. The van der Waals surface area contributed by atoms with Crippen molar-refractivity contribution in [2.45, 2.75) is 13.0 Å². The van der Waals surface area contributed by atoms with Crippen LogP contribution in [0.25, 0.3) is 0 Å². The van der Waals surface area contributed by atoms with Crippen molar-refractivity contribution in [3.63, 3.8) is 0 Å². The van der Waals surface area contributed by atoms with Crippen molar-refractivity contribution >= 4 is 17.8 Å². The molecule has 3 fully saturated rings. The Hall–Kier alpha value is -2.51. The number of carbonyl (C=O) groups is 3. The highest BCUT2D eigenvalue weighted by Crippen LogP contribution is 2.52. The number of hydrogen-bond donors (Lipinski definition) is 2. The molecular weight excluding hydrogens is 394 g/mol. The molecule has 2 aliphatic heterocycles. The summed E-state index contributed by atoms with van der Waals surface area (Å²) in [6.07, 6.45) is 5.29. The van der Waals surface area contributed by atoms with Crippen LogP contribution in [0.5, 0.6) is 0 Å². The predicted octanol–water partition coefficient (Wildman–Crippen LogP) is -1.44. The van der Waals surface area contributed by atoms with Gasteiger partial charge in [-0.05, 0) is 30.4 Å². The van der Waals surface area contributed by atoms with Crippen molar-refractivity contribution in [2.24, 2.45) is 23.7 Å². The van der Waals surface area contributed by atoms with Crippen molar-refractivity contribution in [3.8, 4) is 0 Å². The maximum Gasteiger partial charge on any atom is 0.337 e. The number of imide groups is 1. The van der Waals surface area contributed by atoms with E-state index in [2.05, 4.69) is 12.2 Å². The van der Waals surface area contributed by atoms with Crippen LogP contribution in [0.15, 0.2) is 36.4 Å². The van der Waals surface area contributed by atoms with Crippen LogP contribution in [-0.4, -0.2) is 69.1 Å². The fraction of sp³-hybridized carbons (Fsp3) is 0.542. The number of esters is 1. The topological polar surface area (TPSA) is 72.6 Å². The molecule has 1 saturated carbocycles. The van der Waals surface area contributed by atoms with Crippen LogP contribution in [-0.2, 0) is 20.9 Å². The summed E-state index contributed by atoms with van der Waals surface area (Å²) in [7, 11) is 1.39. The summed E-state index contributed by atoms with van der Waals surface area (Å²) in [6.45, 7) is 6.57. The molecule has 2 amide bonds. The maximum absolute atomic E-state index is 12.8.